The quantitative estimate of drug-likeness (QED) is 0.0156. The van der Waals surface area contributed by atoms with Crippen LogP contribution < -0.4 is 5.32 Å². The number of phosphoric acid groups is 1. The van der Waals surface area contributed by atoms with Crippen LogP contribution in [0, 0.1) is 0 Å². The topological polar surface area (TPSA) is 111 Å². The second-order valence-electron chi connectivity index (χ2n) is 18.7. The molecule has 0 heterocycles. The minimum Gasteiger partial charge on any atom is -0.456 e. The van der Waals surface area contributed by atoms with Crippen molar-refractivity contribution in [3.05, 3.63) is 109 Å². The molecule has 0 spiro atoms. The molecule has 10 heteroatoms. The van der Waals surface area contributed by atoms with Gasteiger partial charge in [-0.25, -0.2) is 4.57 Å². The monoisotopic (exact) mass is 968 g/mol. The van der Waals surface area contributed by atoms with Gasteiger partial charge in [-0.05, 0) is 89.5 Å². The number of esters is 1. The van der Waals surface area contributed by atoms with Gasteiger partial charge >= 0.3 is 13.8 Å². The van der Waals surface area contributed by atoms with E-state index in [-0.39, 0.29) is 37.9 Å². The lowest BCUT2D eigenvalue weighted by Gasteiger charge is -2.27. The highest BCUT2D eigenvalue weighted by Gasteiger charge is 2.30. The van der Waals surface area contributed by atoms with E-state index in [1.165, 1.54) is 51.4 Å². The van der Waals surface area contributed by atoms with Crippen LogP contribution >= 0.6 is 7.82 Å². The average Bonchev–Trinajstić information content (AvgIpc) is 3.29. The standard InChI is InChI=1S/C58H99N2O7P/c1-7-10-13-16-19-22-25-28-29-30-31-33-35-38-41-44-47-50-57(61)59-55(54-66-68(63,64)65-53-52-60(4,5)6)56(49-46-43-40-37-34-27-24-21-18-15-12-9-3)67-58(62)51-48-45-42-39-36-32-26-23-20-17-14-11-8-2/h10-11,13-14,17,19-20,22-23,26,28-29,31,33,38,41,46,49,55-56H,7-9,12,15-16,18,21,24-25,27,30,32,34-37,39-40,42-45,47-48,50-54H2,1-6H3,(H-,59,61,63,64)/p+1/b13-10-,14-11+,20-17+,22-19-,26-23-,29-28-,33-31-,41-38-,49-46-. The lowest BCUT2D eigenvalue weighted by Crippen LogP contribution is -2.47. The first-order valence-corrected chi connectivity index (χ1v) is 28.2. The Morgan fingerprint density at radius 3 is 1.59 bits per heavy atom. The Hall–Kier alpha value is -3.33. The van der Waals surface area contributed by atoms with Crippen molar-refractivity contribution in [2.24, 2.45) is 0 Å². The zero-order chi connectivity index (χ0) is 50.1. The number of nitrogens with zero attached hydrogens (tertiary/aromatic N) is 1. The van der Waals surface area contributed by atoms with E-state index in [1.54, 1.807) is 0 Å². The van der Waals surface area contributed by atoms with Gasteiger partial charge in [0.15, 0.2) is 0 Å². The maximum Gasteiger partial charge on any atom is 0.472 e. The fourth-order valence-electron chi connectivity index (χ4n) is 6.91. The van der Waals surface area contributed by atoms with Crippen LogP contribution in [-0.4, -0.2) is 74.3 Å². The highest BCUT2D eigenvalue weighted by molar-refractivity contribution is 7.47. The third kappa shape index (κ3) is 47.7. The van der Waals surface area contributed by atoms with Crippen molar-refractivity contribution in [3.63, 3.8) is 0 Å². The van der Waals surface area contributed by atoms with Gasteiger partial charge in [-0.2, -0.15) is 0 Å². The summed E-state index contributed by atoms with van der Waals surface area (Å²) in [5.41, 5.74) is 0. The molecule has 0 aromatic rings. The van der Waals surface area contributed by atoms with Crippen LogP contribution in [-0.2, 0) is 27.9 Å². The molecule has 3 atom stereocenters. The molecule has 0 bridgehead atoms. The number of amides is 1. The molecule has 0 aliphatic carbocycles. The number of hydrogen-bond donors (Lipinski definition) is 2. The summed E-state index contributed by atoms with van der Waals surface area (Å²) >= 11 is 0. The third-order valence-corrected chi connectivity index (χ3v) is 12.0. The van der Waals surface area contributed by atoms with Gasteiger partial charge in [-0.1, -0.05) is 201 Å². The number of carbonyl (C=O) groups excluding carboxylic acids is 2. The van der Waals surface area contributed by atoms with E-state index in [0.717, 1.165) is 96.3 Å². The Balaban J connectivity index is 5.54. The van der Waals surface area contributed by atoms with Crippen molar-refractivity contribution in [2.75, 3.05) is 40.9 Å². The summed E-state index contributed by atoms with van der Waals surface area (Å²) in [5, 5.41) is 3.00. The van der Waals surface area contributed by atoms with Gasteiger partial charge < -0.3 is 19.4 Å². The molecule has 2 N–H and O–H groups in total. The summed E-state index contributed by atoms with van der Waals surface area (Å²) in [6, 6.07) is -0.892. The highest BCUT2D eigenvalue weighted by atomic mass is 31.2. The number of carbonyl (C=O) groups is 2. The van der Waals surface area contributed by atoms with Crippen molar-refractivity contribution in [1.29, 1.82) is 0 Å². The van der Waals surface area contributed by atoms with Crippen LogP contribution in [0.4, 0.5) is 0 Å². The van der Waals surface area contributed by atoms with Crippen LogP contribution in [0.1, 0.15) is 194 Å². The molecule has 0 rings (SSSR count). The van der Waals surface area contributed by atoms with Gasteiger partial charge in [0.1, 0.15) is 19.3 Å². The van der Waals surface area contributed by atoms with E-state index in [0.29, 0.717) is 23.9 Å². The molecule has 0 aliphatic heterocycles. The Morgan fingerprint density at radius 2 is 1.03 bits per heavy atom. The molecule has 388 valence electrons. The van der Waals surface area contributed by atoms with Crippen molar-refractivity contribution < 1.29 is 37.3 Å². The first kappa shape index (κ1) is 64.7. The summed E-state index contributed by atoms with van der Waals surface area (Å²) in [7, 11) is 1.43. The Kier molecular flexibility index (Phi) is 45.0. The van der Waals surface area contributed by atoms with Crippen molar-refractivity contribution in [1.82, 2.24) is 5.32 Å². The number of allylic oxidation sites excluding steroid dienone is 17. The largest absolute Gasteiger partial charge is 0.472 e. The second-order valence-corrected chi connectivity index (χ2v) is 20.1. The third-order valence-electron chi connectivity index (χ3n) is 11.0. The Morgan fingerprint density at radius 1 is 0.544 bits per heavy atom. The van der Waals surface area contributed by atoms with Gasteiger partial charge in [0, 0.05) is 12.8 Å². The number of ether oxygens (including phenoxy) is 1. The van der Waals surface area contributed by atoms with E-state index in [4.69, 9.17) is 13.8 Å². The van der Waals surface area contributed by atoms with E-state index in [1.807, 2.05) is 39.4 Å². The fourth-order valence-corrected chi connectivity index (χ4v) is 7.65. The number of phosphoric ester groups is 1. The van der Waals surface area contributed by atoms with Crippen LogP contribution in [0.3, 0.4) is 0 Å². The predicted molar refractivity (Wildman–Crippen MR) is 290 cm³/mol. The van der Waals surface area contributed by atoms with Crippen LogP contribution in [0.2, 0.25) is 0 Å². The Bertz CT molecular complexity index is 1530. The molecule has 68 heavy (non-hydrogen) atoms. The lowest BCUT2D eigenvalue weighted by molar-refractivity contribution is -0.870. The molecule has 0 radical (unpaired) electrons. The van der Waals surface area contributed by atoms with Gasteiger partial charge in [-0.15, -0.1) is 0 Å². The van der Waals surface area contributed by atoms with E-state index >= 15 is 0 Å². The van der Waals surface area contributed by atoms with Gasteiger partial charge in [0.2, 0.25) is 5.91 Å². The molecular weight excluding hydrogens is 868 g/mol. The number of nitrogens with one attached hydrogen (secondary N) is 1. The number of quaternary nitrogens is 1. The maximum absolute atomic E-state index is 13.4. The number of hydrogen-bond acceptors (Lipinski definition) is 6. The molecule has 0 aliphatic rings. The van der Waals surface area contributed by atoms with Crippen molar-refractivity contribution in [3.8, 4) is 0 Å². The first-order valence-electron chi connectivity index (χ1n) is 26.7. The second kappa shape index (κ2) is 47.4. The zero-order valence-electron chi connectivity index (χ0n) is 44.1. The molecule has 0 saturated heterocycles. The predicted octanol–water partition coefficient (Wildman–Crippen LogP) is 15.8. The smallest absolute Gasteiger partial charge is 0.456 e. The molecule has 1 amide bonds. The molecule has 9 nitrogen and oxygen atoms in total. The summed E-state index contributed by atoms with van der Waals surface area (Å²) in [4.78, 5) is 37.4. The summed E-state index contributed by atoms with van der Waals surface area (Å²) in [6.07, 6.45) is 63.8. The Labute approximate surface area is 417 Å². The van der Waals surface area contributed by atoms with Crippen molar-refractivity contribution >= 4 is 19.7 Å². The zero-order valence-corrected chi connectivity index (χ0v) is 44.9. The maximum atomic E-state index is 13.4. The number of unbranched alkanes of at least 4 members (excludes halogenated alkanes) is 16. The van der Waals surface area contributed by atoms with E-state index < -0.39 is 20.0 Å². The summed E-state index contributed by atoms with van der Waals surface area (Å²) in [5.74, 6) is -0.609. The lowest BCUT2D eigenvalue weighted by atomic mass is 10.1. The minimum atomic E-state index is -4.47. The first-order chi connectivity index (χ1) is 32.9. The van der Waals surface area contributed by atoms with E-state index in [2.05, 4.69) is 117 Å². The average molecular weight is 968 g/mol. The molecule has 0 aromatic carbocycles. The number of likely N-dealkylation sites (N-methyl/N-ethyl adjacent to an activating group) is 1. The molecule has 3 unspecified atom stereocenters. The highest BCUT2D eigenvalue weighted by Crippen LogP contribution is 2.43. The minimum absolute atomic E-state index is 0.0201. The van der Waals surface area contributed by atoms with Gasteiger partial charge in [-0.3, -0.25) is 18.6 Å². The SMILES string of the molecule is CC/C=C\C/C=C\C/C=C\C/C=C\C/C=C\CCCC(=O)NC(COP(=O)(O)OCC[N+](C)(C)C)C(/C=C\CCCCCCCCCCCC)OC(=O)CCCCCCC\C=C/C=C/C=C/CC. The van der Waals surface area contributed by atoms with Crippen LogP contribution in [0.15, 0.2) is 109 Å². The molecule has 0 fully saturated rings. The van der Waals surface area contributed by atoms with Crippen LogP contribution in [0.5, 0.6) is 0 Å². The van der Waals surface area contributed by atoms with E-state index in [9.17, 15) is 19.0 Å². The normalized spacial score (nSPS) is 14.8. The molecular formula is C58H100N2O7P+. The molecule has 0 saturated carbocycles. The summed E-state index contributed by atoms with van der Waals surface area (Å²) < 4.78 is 30.5. The fraction of sp³-hybridized carbons (Fsp3) is 0.655. The van der Waals surface area contributed by atoms with Crippen molar-refractivity contribution in [2.45, 2.75) is 206 Å². The number of rotatable bonds is 46. The summed E-state index contributed by atoms with van der Waals surface area (Å²) in [6.45, 7) is 6.67. The van der Waals surface area contributed by atoms with Gasteiger partial charge in [0.25, 0.3) is 0 Å². The van der Waals surface area contributed by atoms with Gasteiger partial charge in [0.05, 0.1) is 33.8 Å². The molecule has 0 aromatic heterocycles. The van der Waals surface area contributed by atoms with Crippen LogP contribution in [0.25, 0.3) is 0 Å².